The fraction of sp³-hybridized carbons (Fsp3) is 0.333. The van der Waals surface area contributed by atoms with E-state index in [1.165, 1.54) is 0 Å². The third-order valence-corrected chi connectivity index (χ3v) is 5.92. The largest absolute Gasteiger partial charge is 0.486 e. The summed E-state index contributed by atoms with van der Waals surface area (Å²) in [5.41, 5.74) is 2.20. The molecular weight excluding hydrogens is 465 g/mol. The third-order valence-electron chi connectivity index (χ3n) is 5.35. The van der Waals surface area contributed by atoms with Gasteiger partial charge in [-0.25, -0.2) is 4.68 Å². The van der Waals surface area contributed by atoms with Gasteiger partial charge in [-0.15, -0.1) is 0 Å². The van der Waals surface area contributed by atoms with Crippen LogP contribution in [0.5, 0.6) is 5.75 Å². The number of rotatable bonds is 8. The molecule has 1 N–H and O–H groups in total. The molecule has 0 unspecified atom stereocenters. The molecule has 0 bridgehead atoms. The minimum atomic E-state index is -0.310. The Morgan fingerprint density at radius 3 is 2.55 bits per heavy atom. The summed E-state index contributed by atoms with van der Waals surface area (Å²) >= 11 is 12.6. The maximum absolute atomic E-state index is 13.3. The number of aromatic nitrogens is 2. The second-order valence-electron chi connectivity index (χ2n) is 7.60. The van der Waals surface area contributed by atoms with Gasteiger partial charge in [-0.05, 0) is 37.1 Å². The number of para-hydroxylation sites is 1. The first-order valence-electron chi connectivity index (χ1n) is 10.7. The third kappa shape index (κ3) is 5.50. The Balaban J connectivity index is 1.83. The fourth-order valence-corrected chi connectivity index (χ4v) is 4.01. The summed E-state index contributed by atoms with van der Waals surface area (Å²) in [5.74, 6) is 0.0502. The van der Waals surface area contributed by atoms with Crippen molar-refractivity contribution < 1.29 is 19.0 Å². The molecule has 1 aromatic heterocycles. The Morgan fingerprint density at radius 2 is 1.85 bits per heavy atom. The lowest BCUT2D eigenvalue weighted by molar-refractivity contribution is 0.0691. The number of hydrogen-bond donors (Lipinski definition) is 1. The number of amides is 1. The van der Waals surface area contributed by atoms with Gasteiger partial charge in [-0.1, -0.05) is 47.5 Å². The van der Waals surface area contributed by atoms with E-state index < -0.39 is 0 Å². The standard InChI is InChI=1S/C24H25Cl2N3O4/c1-31-14-15-33-23-21(24(30)27-18-10-12-32-13-11-18)28-29(20-5-3-2-4-19(20)26)22(23)16-6-8-17(25)9-7-16/h2-9,18H,10-15H2,1H3,(H,27,30). The highest BCUT2D eigenvalue weighted by Gasteiger charge is 2.29. The van der Waals surface area contributed by atoms with Crippen molar-refractivity contribution in [3.05, 3.63) is 64.3 Å². The summed E-state index contributed by atoms with van der Waals surface area (Å²) in [7, 11) is 1.59. The highest BCUT2D eigenvalue weighted by atomic mass is 35.5. The van der Waals surface area contributed by atoms with Crippen molar-refractivity contribution in [2.24, 2.45) is 0 Å². The maximum Gasteiger partial charge on any atom is 0.275 e. The zero-order chi connectivity index (χ0) is 23.2. The summed E-state index contributed by atoms with van der Waals surface area (Å²) in [5, 5.41) is 8.84. The average molecular weight is 490 g/mol. The van der Waals surface area contributed by atoms with E-state index in [-0.39, 0.29) is 24.2 Å². The van der Waals surface area contributed by atoms with Crippen molar-refractivity contribution in [2.45, 2.75) is 18.9 Å². The van der Waals surface area contributed by atoms with E-state index in [2.05, 4.69) is 10.4 Å². The van der Waals surface area contributed by atoms with Gasteiger partial charge >= 0.3 is 0 Å². The first kappa shape index (κ1) is 23.6. The zero-order valence-electron chi connectivity index (χ0n) is 18.2. The Hall–Kier alpha value is -2.58. The highest BCUT2D eigenvalue weighted by molar-refractivity contribution is 6.32. The van der Waals surface area contributed by atoms with E-state index in [0.29, 0.717) is 47.0 Å². The van der Waals surface area contributed by atoms with Gasteiger partial charge in [0.15, 0.2) is 11.4 Å². The predicted octanol–water partition coefficient (Wildman–Crippen LogP) is 4.78. The molecule has 7 nitrogen and oxygen atoms in total. The van der Waals surface area contributed by atoms with Crippen LogP contribution in [-0.4, -0.2) is 55.3 Å². The quantitative estimate of drug-likeness (QED) is 0.460. The molecular formula is C24H25Cl2N3O4. The van der Waals surface area contributed by atoms with E-state index in [0.717, 1.165) is 18.4 Å². The molecule has 4 rings (SSSR count). The van der Waals surface area contributed by atoms with Crippen LogP contribution < -0.4 is 10.1 Å². The minimum Gasteiger partial charge on any atom is -0.486 e. The van der Waals surface area contributed by atoms with Gasteiger partial charge in [0.1, 0.15) is 12.3 Å². The van der Waals surface area contributed by atoms with Crippen molar-refractivity contribution in [2.75, 3.05) is 33.5 Å². The van der Waals surface area contributed by atoms with E-state index >= 15 is 0 Å². The monoisotopic (exact) mass is 489 g/mol. The SMILES string of the molecule is COCCOc1c(C(=O)NC2CCOCC2)nn(-c2ccccc2Cl)c1-c1ccc(Cl)cc1. The van der Waals surface area contributed by atoms with Crippen molar-refractivity contribution in [3.8, 4) is 22.7 Å². The summed E-state index contributed by atoms with van der Waals surface area (Å²) in [6.07, 6.45) is 1.50. The molecule has 0 aliphatic carbocycles. The van der Waals surface area contributed by atoms with Gasteiger partial charge in [-0.3, -0.25) is 4.79 Å². The molecule has 174 valence electrons. The first-order valence-corrected chi connectivity index (χ1v) is 11.5. The second-order valence-corrected chi connectivity index (χ2v) is 8.44. The number of carbonyl (C=O) groups is 1. The number of nitrogens with one attached hydrogen (secondary N) is 1. The topological polar surface area (TPSA) is 74.6 Å². The molecule has 1 aliphatic heterocycles. The molecule has 1 saturated heterocycles. The van der Waals surface area contributed by atoms with Crippen LogP contribution >= 0.6 is 23.2 Å². The number of carbonyl (C=O) groups excluding carboxylic acids is 1. The fourth-order valence-electron chi connectivity index (χ4n) is 3.67. The first-order chi connectivity index (χ1) is 16.1. The van der Waals surface area contributed by atoms with Crippen molar-refractivity contribution in [1.82, 2.24) is 15.1 Å². The predicted molar refractivity (Wildman–Crippen MR) is 128 cm³/mol. The highest BCUT2D eigenvalue weighted by Crippen LogP contribution is 2.37. The van der Waals surface area contributed by atoms with Gasteiger partial charge in [0.2, 0.25) is 0 Å². The number of nitrogens with zero attached hydrogens (tertiary/aromatic N) is 2. The smallest absolute Gasteiger partial charge is 0.275 e. The molecule has 2 heterocycles. The van der Waals surface area contributed by atoms with Crippen molar-refractivity contribution >= 4 is 29.1 Å². The van der Waals surface area contributed by atoms with Crippen LogP contribution in [0.4, 0.5) is 0 Å². The van der Waals surface area contributed by atoms with Crippen molar-refractivity contribution in [3.63, 3.8) is 0 Å². The number of methoxy groups -OCH3 is 1. The Bertz CT molecular complexity index is 1100. The molecule has 9 heteroatoms. The van der Waals surface area contributed by atoms with E-state index in [9.17, 15) is 4.79 Å². The Kier molecular flexibility index (Phi) is 7.88. The lowest BCUT2D eigenvalue weighted by Gasteiger charge is -2.22. The molecule has 0 spiro atoms. The van der Waals surface area contributed by atoms with Gasteiger partial charge in [0.25, 0.3) is 5.91 Å². The van der Waals surface area contributed by atoms with Crippen LogP contribution in [0, 0.1) is 0 Å². The molecule has 1 amide bonds. The molecule has 0 saturated carbocycles. The lowest BCUT2D eigenvalue weighted by Crippen LogP contribution is -2.39. The van der Waals surface area contributed by atoms with Crippen LogP contribution in [0.3, 0.4) is 0 Å². The number of benzene rings is 2. The number of ether oxygens (including phenoxy) is 3. The van der Waals surface area contributed by atoms with E-state index in [4.69, 9.17) is 37.4 Å². The van der Waals surface area contributed by atoms with Gasteiger partial charge in [0, 0.05) is 37.0 Å². The van der Waals surface area contributed by atoms with Crippen molar-refractivity contribution in [1.29, 1.82) is 0 Å². The minimum absolute atomic E-state index is 0.0162. The van der Waals surface area contributed by atoms with E-state index in [1.54, 1.807) is 30.0 Å². The van der Waals surface area contributed by atoms with Crippen LogP contribution in [0.15, 0.2) is 48.5 Å². The molecule has 3 aromatic rings. The molecule has 1 fully saturated rings. The maximum atomic E-state index is 13.3. The van der Waals surface area contributed by atoms with Gasteiger partial charge in [0.05, 0.1) is 17.3 Å². The van der Waals surface area contributed by atoms with Crippen LogP contribution in [0.2, 0.25) is 10.0 Å². The molecule has 1 aliphatic rings. The second kappa shape index (κ2) is 11.0. The average Bonchev–Trinajstić information content (AvgIpc) is 3.20. The Morgan fingerprint density at radius 1 is 1.12 bits per heavy atom. The van der Waals surface area contributed by atoms with Crippen LogP contribution in [0.25, 0.3) is 16.9 Å². The number of halogens is 2. The summed E-state index contributed by atoms with van der Waals surface area (Å²) < 4.78 is 18.3. The normalized spacial score (nSPS) is 14.3. The van der Waals surface area contributed by atoms with Crippen LogP contribution in [0.1, 0.15) is 23.3 Å². The molecule has 0 atom stereocenters. The zero-order valence-corrected chi connectivity index (χ0v) is 19.7. The summed E-state index contributed by atoms with van der Waals surface area (Å²) in [6.45, 7) is 1.85. The molecule has 2 aromatic carbocycles. The molecule has 0 radical (unpaired) electrons. The van der Waals surface area contributed by atoms with Crippen LogP contribution in [-0.2, 0) is 9.47 Å². The number of hydrogen-bond acceptors (Lipinski definition) is 5. The van der Waals surface area contributed by atoms with E-state index in [1.807, 2.05) is 30.3 Å². The summed E-state index contributed by atoms with van der Waals surface area (Å²) in [6, 6.07) is 14.6. The van der Waals surface area contributed by atoms with Gasteiger partial charge < -0.3 is 19.5 Å². The van der Waals surface area contributed by atoms with Gasteiger partial charge in [-0.2, -0.15) is 5.10 Å². The summed E-state index contributed by atoms with van der Waals surface area (Å²) in [4.78, 5) is 13.3. The Labute approximate surface area is 202 Å². The molecule has 33 heavy (non-hydrogen) atoms. The lowest BCUT2D eigenvalue weighted by atomic mass is 10.1.